The van der Waals surface area contributed by atoms with Crippen molar-refractivity contribution < 1.29 is 4.79 Å². The minimum atomic E-state index is -0.131. The molecular formula is C16H17ClN2O. The predicted octanol–water partition coefficient (Wildman–Crippen LogP) is 4.02. The van der Waals surface area contributed by atoms with E-state index in [-0.39, 0.29) is 6.03 Å². The highest BCUT2D eigenvalue weighted by Crippen LogP contribution is 2.16. The molecule has 2 rings (SSSR count). The van der Waals surface area contributed by atoms with Gasteiger partial charge in [-0.3, -0.25) is 0 Å². The van der Waals surface area contributed by atoms with Crippen LogP contribution in [0.25, 0.3) is 0 Å². The number of amides is 2. The number of nitrogens with one attached hydrogen (secondary N) is 1. The van der Waals surface area contributed by atoms with Gasteiger partial charge in [0.05, 0.1) is 0 Å². The van der Waals surface area contributed by atoms with Crippen LogP contribution in [0.15, 0.2) is 48.5 Å². The van der Waals surface area contributed by atoms with Gasteiger partial charge in [0, 0.05) is 24.8 Å². The molecule has 2 aromatic rings. The molecule has 0 bridgehead atoms. The van der Waals surface area contributed by atoms with Gasteiger partial charge in [-0.25, -0.2) is 4.79 Å². The van der Waals surface area contributed by atoms with E-state index in [0.29, 0.717) is 0 Å². The summed E-state index contributed by atoms with van der Waals surface area (Å²) in [4.78, 5) is 13.1. The molecule has 2 aromatic carbocycles. The van der Waals surface area contributed by atoms with Crippen LogP contribution in [0.4, 0.5) is 10.5 Å². The van der Waals surface area contributed by atoms with E-state index in [1.54, 1.807) is 14.1 Å². The van der Waals surface area contributed by atoms with E-state index in [0.717, 1.165) is 22.7 Å². The number of anilines is 1. The molecule has 20 heavy (non-hydrogen) atoms. The minimum absolute atomic E-state index is 0.131. The number of rotatable bonds is 3. The molecule has 104 valence electrons. The summed E-state index contributed by atoms with van der Waals surface area (Å²) in [5.74, 6) is 0. The summed E-state index contributed by atoms with van der Waals surface area (Å²) >= 11 is 5.87. The van der Waals surface area contributed by atoms with Crippen molar-refractivity contribution in [3.8, 4) is 0 Å². The second kappa shape index (κ2) is 6.44. The molecule has 2 amide bonds. The standard InChI is InChI=1S/C16H17ClN2O/c1-19(2)16(20)18-15-5-3-4-13(11-15)10-12-6-8-14(17)9-7-12/h3-9,11H,10H2,1-2H3,(H,18,20). The van der Waals surface area contributed by atoms with Gasteiger partial charge in [-0.1, -0.05) is 35.9 Å². The van der Waals surface area contributed by atoms with E-state index in [4.69, 9.17) is 11.6 Å². The molecule has 0 radical (unpaired) electrons. The molecule has 0 fully saturated rings. The number of hydrogen-bond donors (Lipinski definition) is 1. The SMILES string of the molecule is CN(C)C(=O)Nc1cccc(Cc2ccc(Cl)cc2)c1. The fourth-order valence-corrected chi connectivity index (χ4v) is 1.96. The van der Waals surface area contributed by atoms with Crippen LogP contribution in [0, 0.1) is 0 Å². The quantitative estimate of drug-likeness (QED) is 0.909. The Morgan fingerprint density at radius 2 is 1.80 bits per heavy atom. The van der Waals surface area contributed by atoms with Crippen molar-refractivity contribution in [2.24, 2.45) is 0 Å². The molecule has 0 spiro atoms. The summed E-state index contributed by atoms with van der Waals surface area (Å²) in [7, 11) is 3.43. The van der Waals surface area contributed by atoms with Crippen molar-refractivity contribution in [2.45, 2.75) is 6.42 Å². The third-order valence-corrected chi connectivity index (χ3v) is 3.16. The van der Waals surface area contributed by atoms with Crippen molar-refractivity contribution in [3.05, 3.63) is 64.7 Å². The Morgan fingerprint density at radius 3 is 2.45 bits per heavy atom. The van der Waals surface area contributed by atoms with Gasteiger partial charge in [-0.2, -0.15) is 0 Å². The highest BCUT2D eigenvalue weighted by Gasteiger charge is 2.04. The number of carbonyl (C=O) groups is 1. The summed E-state index contributed by atoms with van der Waals surface area (Å²) in [5.41, 5.74) is 3.13. The Hall–Kier alpha value is -2.00. The molecule has 0 heterocycles. The summed E-state index contributed by atoms with van der Waals surface area (Å²) in [5, 5.41) is 3.58. The van der Waals surface area contributed by atoms with Crippen molar-refractivity contribution in [1.29, 1.82) is 0 Å². The molecule has 0 atom stereocenters. The largest absolute Gasteiger partial charge is 0.331 e. The maximum atomic E-state index is 11.6. The van der Waals surface area contributed by atoms with Gasteiger partial charge in [-0.15, -0.1) is 0 Å². The topological polar surface area (TPSA) is 32.3 Å². The fraction of sp³-hybridized carbons (Fsp3) is 0.188. The Bertz CT molecular complexity index is 594. The van der Waals surface area contributed by atoms with Crippen LogP contribution in [0.1, 0.15) is 11.1 Å². The van der Waals surface area contributed by atoms with Crippen LogP contribution in [-0.2, 0) is 6.42 Å². The Labute approximate surface area is 124 Å². The lowest BCUT2D eigenvalue weighted by Gasteiger charge is -2.12. The molecule has 0 aliphatic heterocycles. The summed E-state index contributed by atoms with van der Waals surface area (Å²) in [6.45, 7) is 0. The van der Waals surface area contributed by atoms with Crippen molar-refractivity contribution in [2.75, 3.05) is 19.4 Å². The zero-order valence-electron chi connectivity index (χ0n) is 11.6. The van der Waals surface area contributed by atoms with Crippen LogP contribution < -0.4 is 5.32 Å². The van der Waals surface area contributed by atoms with Gasteiger partial charge < -0.3 is 10.2 Å². The van der Waals surface area contributed by atoms with Crippen molar-refractivity contribution in [3.63, 3.8) is 0 Å². The van der Waals surface area contributed by atoms with Crippen LogP contribution in [-0.4, -0.2) is 25.0 Å². The Morgan fingerprint density at radius 1 is 1.10 bits per heavy atom. The average Bonchev–Trinajstić information content (AvgIpc) is 2.42. The Balaban J connectivity index is 2.09. The molecule has 0 saturated carbocycles. The maximum absolute atomic E-state index is 11.6. The highest BCUT2D eigenvalue weighted by molar-refractivity contribution is 6.30. The van der Waals surface area contributed by atoms with Crippen LogP contribution >= 0.6 is 11.6 Å². The number of benzene rings is 2. The lowest BCUT2D eigenvalue weighted by atomic mass is 10.0. The molecule has 3 nitrogen and oxygen atoms in total. The lowest BCUT2D eigenvalue weighted by Crippen LogP contribution is -2.27. The number of nitrogens with zero attached hydrogens (tertiary/aromatic N) is 1. The maximum Gasteiger partial charge on any atom is 0.321 e. The molecular weight excluding hydrogens is 272 g/mol. The van der Waals surface area contributed by atoms with Gasteiger partial charge in [0.15, 0.2) is 0 Å². The van der Waals surface area contributed by atoms with Crippen molar-refractivity contribution >= 4 is 23.3 Å². The highest BCUT2D eigenvalue weighted by atomic mass is 35.5. The van der Waals surface area contributed by atoms with Gasteiger partial charge in [-0.05, 0) is 41.8 Å². The van der Waals surface area contributed by atoms with Crippen LogP contribution in [0.3, 0.4) is 0 Å². The number of halogens is 1. The summed E-state index contributed by atoms with van der Waals surface area (Å²) < 4.78 is 0. The van der Waals surface area contributed by atoms with E-state index < -0.39 is 0 Å². The van der Waals surface area contributed by atoms with E-state index in [1.807, 2.05) is 48.5 Å². The van der Waals surface area contributed by atoms with Gasteiger partial charge in [0.1, 0.15) is 0 Å². The first-order valence-electron chi connectivity index (χ1n) is 6.36. The first-order valence-corrected chi connectivity index (χ1v) is 6.74. The third kappa shape index (κ3) is 4.00. The van der Waals surface area contributed by atoms with E-state index in [2.05, 4.69) is 5.32 Å². The Kier molecular flexibility index (Phi) is 4.64. The lowest BCUT2D eigenvalue weighted by molar-refractivity contribution is 0.230. The third-order valence-electron chi connectivity index (χ3n) is 2.91. The molecule has 0 saturated heterocycles. The van der Waals surface area contributed by atoms with Gasteiger partial charge in [0.25, 0.3) is 0 Å². The summed E-state index contributed by atoms with van der Waals surface area (Å²) in [6.07, 6.45) is 0.808. The second-order valence-corrected chi connectivity index (χ2v) is 5.26. The van der Waals surface area contributed by atoms with Crippen LogP contribution in [0.5, 0.6) is 0 Å². The summed E-state index contributed by atoms with van der Waals surface area (Å²) in [6, 6.07) is 15.5. The van der Waals surface area contributed by atoms with E-state index in [1.165, 1.54) is 10.5 Å². The predicted molar refractivity (Wildman–Crippen MR) is 83.4 cm³/mol. The normalized spacial score (nSPS) is 10.2. The minimum Gasteiger partial charge on any atom is -0.331 e. The zero-order valence-corrected chi connectivity index (χ0v) is 12.3. The molecule has 0 aliphatic rings. The van der Waals surface area contributed by atoms with Crippen molar-refractivity contribution in [1.82, 2.24) is 4.90 Å². The van der Waals surface area contributed by atoms with E-state index in [9.17, 15) is 4.79 Å². The smallest absolute Gasteiger partial charge is 0.321 e. The second-order valence-electron chi connectivity index (χ2n) is 4.83. The first-order chi connectivity index (χ1) is 9.54. The molecule has 0 aliphatic carbocycles. The number of carbonyl (C=O) groups excluding carboxylic acids is 1. The van der Waals surface area contributed by atoms with E-state index >= 15 is 0 Å². The fourth-order valence-electron chi connectivity index (χ4n) is 1.83. The zero-order chi connectivity index (χ0) is 14.5. The molecule has 4 heteroatoms. The average molecular weight is 289 g/mol. The number of urea groups is 1. The monoisotopic (exact) mass is 288 g/mol. The van der Waals surface area contributed by atoms with Gasteiger partial charge in [0.2, 0.25) is 0 Å². The first kappa shape index (κ1) is 14.4. The molecule has 1 N–H and O–H groups in total. The number of hydrogen-bond acceptors (Lipinski definition) is 1. The molecule has 0 aromatic heterocycles. The van der Waals surface area contributed by atoms with Crippen LogP contribution in [0.2, 0.25) is 5.02 Å². The molecule has 0 unspecified atom stereocenters. The van der Waals surface area contributed by atoms with Gasteiger partial charge >= 0.3 is 6.03 Å².